The Morgan fingerprint density at radius 3 is 2.50 bits per heavy atom. The molecule has 0 N–H and O–H groups in total. The lowest BCUT2D eigenvalue weighted by molar-refractivity contribution is 0.270. The Hall–Kier alpha value is -0.800. The van der Waals surface area contributed by atoms with E-state index in [9.17, 15) is 0 Å². The summed E-state index contributed by atoms with van der Waals surface area (Å²) in [7, 11) is 0. The molecule has 1 saturated heterocycles. The number of hydrogen-bond donors (Lipinski definition) is 0. The maximum Gasteiger partial charge on any atom is 0.128 e. The zero-order valence-corrected chi connectivity index (χ0v) is 10.5. The van der Waals surface area contributed by atoms with Gasteiger partial charge in [0.05, 0.1) is 0 Å². The predicted molar refractivity (Wildman–Crippen MR) is 68.1 cm³/mol. The molecular formula is C12H18ClN3. The van der Waals surface area contributed by atoms with Crippen molar-refractivity contribution in [1.82, 2.24) is 9.88 Å². The lowest BCUT2D eigenvalue weighted by Gasteiger charge is -2.34. The van der Waals surface area contributed by atoms with E-state index in [0.717, 1.165) is 44.1 Å². The van der Waals surface area contributed by atoms with Gasteiger partial charge in [-0.15, -0.1) is 11.6 Å². The normalized spacial score (nSPS) is 17.8. The number of likely N-dealkylation sites (N-methyl/N-ethyl adjacent to an activating group) is 1. The smallest absolute Gasteiger partial charge is 0.128 e. The summed E-state index contributed by atoms with van der Waals surface area (Å²) >= 11 is 5.74. The molecule has 0 bridgehead atoms. The highest BCUT2D eigenvalue weighted by molar-refractivity contribution is 6.17. The maximum absolute atomic E-state index is 5.74. The van der Waals surface area contributed by atoms with Crippen LogP contribution in [0.25, 0.3) is 0 Å². The SMILES string of the molecule is CCN1CCN(c2ccc(CCl)cn2)CC1. The second kappa shape index (κ2) is 5.51. The molecule has 4 heteroatoms. The van der Waals surface area contributed by atoms with Crippen LogP contribution < -0.4 is 4.90 Å². The molecule has 0 atom stereocenters. The molecule has 0 aliphatic carbocycles. The van der Waals surface area contributed by atoms with Crippen molar-refractivity contribution in [3.63, 3.8) is 0 Å². The summed E-state index contributed by atoms with van der Waals surface area (Å²) in [5.41, 5.74) is 1.08. The van der Waals surface area contributed by atoms with E-state index < -0.39 is 0 Å². The van der Waals surface area contributed by atoms with Crippen LogP contribution in [-0.2, 0) is 5.88 Å². The molecule has 0 radical (unpaired) electrons. The number of halogens is 1. The number of rotatable bonds is 3. The Morgan fingerprint density at radius 2 is 2.00 bits per heavy atom. The average Bonchev–Trinajstić information content (AvgIpc) is 2.39. The fraction of sp³-hybridized carbons (Fsp3) is 0.583. The van der Waals surface area contributed by atoms with Crippen LogP contribution in [0.1, 0.15) is 12.5 Å². The minimum absolute atomic E-state index is 0.539. The highest BCUT2D eigenvalue weighted by atomic mass is 35.5. The Kier molecular flexibility index (Phi) is 4.02. The fourth-order valence-electron chi connectivity index (χ4n) is 1.98. The maximum atomic E-state index is 5.74. The van der Waals surface area contributed by atoms with Crippen molar-refractivity contribution in [3.05, 3.63) is 23.9 Å². The third-order valence-corrected chi connectivity index (χ3v) is 3.42. The van der Waals surface area contributed by atoms with Crippen molar-refractivity contribution in [2.24, 2.45) is 0 Å². The second-order valence-electron chi connectivity index (χ2n) is 4.08. The van der Waals surface area contributed by atoms with E-state index in [-0.39, 0.29) is 0 Å². The van der Waals surface area contributed by atoms with Crippen LogP contribution >= 0.6 is 11.6 Å². The topological polar surface area (TPSA) is 19.4 Å². The Labute approximate surface area is 102 Å². The standard InChI is InChI=1S/C12H18ClN3/c1-2-15-5-7-16(8-6-15)12-4-3-11(9-13)10-14-12/h3-4,10H,2,5-9H2,1H3. The summed E-state index contributed by atoms with van der Waals surface area (Å²) in [6.07, 6.45) is 1.87. The molecule has 0 saturated carbocycles. The van der Waals surface area contributed by atoms with Gasteiger partial charge >= 0.3 is 0 Å². The van der Waals surface area contributed by atoms with Gasteiger partial charge in [0.15, 0.2) is 0 Å². The lowest BCUT2D eigenvalue weighted by Crippen LogP contribution is -2.46. The van der Waals surface area contributed by atoms with Crippen LogP contribution in [0, 0.1) is 0 Å². The minimum atomic E-state index is 0.539. The Balaban J connectivity index is 1.97. The van der Waals surface area contributed by atoms with Crippen LogP contribution in [0.5, 0.6) is 0 Å². The first-order chi connectivity index (χ1) is 7.83. The number of alkyl halides is 1. The number of anilines is 1. The van der Waals surface area contributed by atoms with Crippen molar-refractivity contribution in [1.29, 1.82) is 0 Å². The molecule has 1 aliphatic rings. The van der Waals surface area contributed by atoms with Gasteiger partial charge in [-0.25, -0.2) is 4.98 Å². The number of hydrogen-bond acceptors (Lipinski definition) is 3. The molecule has 0 spiro atoms. The molecule has 3 nitrogen and oxygen atoms in total. The summed E-state index contributed by atoms with van der Waals surface area (Å²) in [4.78, 5) is 9.25. The van der Waals surface area contributed by atoms with Gasteiger partial charge in [-0.1, -0.05) is 13.0 Å². The van der Waals surface area contributed by atoms with Gasteiger partial charge in [0.1, 0.15) is 5.82 Å². The third-order valence-electron chi connectivity index (χ3n) is 3.11. The van der Waals surface area contributed by atoms with Crippen molar-refractivity contribution < 1.29 is 0 Å². The first kappa shape index (κ1) is 11.7. The highest BCUT2D eigenvalue weighted by Crippen LogP contribution is 2.14. The van der Waals surface area contributed by atoms with E-state index >= 15 is 0 Å². The number of pyridine rings is 1. The van der Waals surface area contributed by atoms with Gasteiger partial charge in [-0.05, 0) is 18.2 Å². The number of piperazine rings is 1. The molecule has 1 aliphatic heterocycles. The molecule has 1 aromatic rings. The Morgan fingerprint density at radius 1 is 1.25 bits per heavy atom. The van der Waals surface area contributed by atoms with E-state index in [4.69, 9.17) is 11.6 Å². The molecule has 1 aromatic heterocycles. The first-order valence-corrected chi connectivity index (χ1v) is 6.35. The van der Waals surface area contributed by atoms with E-state index in [1.165, 1.54) is 0 Å². The predicted octanol–water partition coefficient (Wildman–Crippen LogP) is 1.96. The number of nitrogens with zero attached hydrogens (tertiary/aromatic N) is 3. The van der Waals surface area contributed by atoms with Crippen molar-refractivity contribution in [2.75, 3.05) is 37.6 Å². The van der Waals surface area contributed by atoms with E-state index in [0.29, 0.717) is 5.88 Å². The van der Waals surface area contributed by atoms with Crippen LogP contribution in [0.3, 0.4) is 0 Å². The van der Waals surface area contributed by atoms with Gasteiger partial charge in [0, 0.05) is 38.3 Å². The fourth-order valence-corrected chi connectivity index (χ4v) is 2.13. The van der Waals surface area contributed by atoms with E-state index in [2.05, 4.69) is 33.8 Å². The number of aromatic nitrogens is 1. The second-order valence-corrected chi connectivity index (χ2v) is 4.35. The summed E-state index contributed by atoms with van der Waals surface area (Å²) in [5.74, 6) is 1.61. The zero-order chi connectivity index (χ0) is 11.4. The van der Waals surface area contributed by atoms with Crippen molar-refractivity contribution in [3.8, 4) is 0 Å². The van der Waals surface area contributed by atoms with Gasteiger partial charge in [-0.2, -0.15) is 0 Å². The molecule has 88 valence electrons. The van der Waals surface area contributed by atoms with E-state index in [1.807, 2.05) is 6.20 Å². The summed E-state index contributed by atoms with van der Waals surface area (Å²) < 4.78 is 0. The molecule has 2 heterocycles. The minimum Gasteiger partial charge on any atom is -0.354 e. The highest BCUT2D eigenvalue weighted by Gasteiger charge is 2.16. The zero-order valence-electron chi connectivity index (χ0n) is 9.69. The first-order valence-electron chi connectivity index (χ1n) is 5.81. The van der Waals surface area contributed by atoms with Crippen LogP contribution in [0.4, 0.5) is 5.82 Å². The molecule has 16 heavy (non-hydrogen) atoms. The lowest BCUT2D eigenvalue weighted by atomic mass is 10.2. The molecular weight excluding hydrogens is 222 g/mol. The molecule has 0 aromatic carbocycles. The van der Waals surface area contributed by atoms with Crippen molar-refractivity contribution in [2.45, 2.75) is 12.8 Å². The average molecular weight is 240 g/mol. The summed E-state index contributed by atoms with van der Waals surface area (Å²) in [6.45, 7) is 7.77. The van der Waals surface area contributed by atoms with E-state index in [1.54, 1.807) is 0 Å². The summed E-state index contributed by atoms with van der Waals surface area (Å²) in [5, 5.41) is 0. The molecule has 1 fully saturated rings. The Bertz CT molecular complexity index is 318. The van der Waals surface area contributed by atoms with Crippen molar-refractivity contribution >= 4 is 17.4 Å². The summed E-state index contributed by atoms with van der Waals surface area (Å²) in [6, 6.07) is 4.13. The third kappa shape index (κ3) is 2.66. The molecule has 0 amide bonds. The molecule has 0 unspecified atom stereocenters. The van der Waals surface area contributed by atoms with Gasteiger partial charge < -0.3 is 9.80 Å². The van der Waals surface area contributed by atoms with Crippen LogP contribution in [0.15, 0.2) is 18.3 Å². The van der Waals surface area contributed by atoms with Crippen LogP contribution in [-0.4, -0.2) is 42.6 Å². The monoisotopic (exact) mass is 239 g/mol. The van der Waals surface area contributed by atoms with Gasteiger partial charge in [0.25, 0.3) is 0 Å². The largest absolute Gasteiger partial charge is 0.354 e. The van der Waals surface area contributed by atoms with Gasteiger partial charge in [-0.3, -0.25) is 0 Å². The van der Waals surface area contributed by atoms with Gasteiger partial charge in [0.2, 0.25) is 0 Å². The van der Waals surface area contributed by atoms with Crippen LogP contribution in [0.2, 0.25) is 0 Å². The quantitative estimate of drug-likeness (QED) is 0.752. The molecule has 2 rings (SSSR count).